The van der Waals surface area contributed by atoms with Crippen LogP contribution < -0.4 is 9.47 Å². The Balaban J connectivity index is 2.26. The number of benzene rings is 1. The molecule has 1 aliphatic rings. The molecule has 0 aliphatic carbocycles. The highest BCUT2D eigenvalue weighted by Gasteiger charge is 2.45. The van der Waals surface area contributed by atoms with Crippen LogP contribution >= 0.6 is 0 Å². The lowest BCUT2D eigenvalue weighted by atomic mass is 9.99. The summed E-state index contributed by atoms with van der Waals surface area (Å²) in [5.74, 6) is 0.193. The van der Waals surface area contributed by atoms with Crippen molar-refractivity contribution in [3.8, 4) is 11.5 Å². The third kappa shape index (κ3) is 5.27. The minimum Gasteiger partial charge on any atom is -0.482 e. The van der Waals surface area contributed by atoms with Gasteiger partial charge in [0.15, 0.2) is 11.5 Å². The number of rotatable bonds is 9. The van der Waals surface area contributed by atoms with E-state index in [9.17, 15) is 30.6 Å². The van der Waals surface area contributed by atoms with Crippen molar-refractivity contribution < 1.29 is 50.0 Å². The molecule has 0 saturated carbocycles. The highest BCUT2D eigenvalue weighted by Crippen LogP contribution is 2.33. The molecule has 7 N–H and O–H groups in total. The molecule has 10 nitrogen and oxygen atoms in total. The zero-order chi connectivity index (χ0) is 20.0. The van der Waals surface area contributed by atoms with Crippen molar-refractivity contribution in [2.75, 3.05) is 26.4 Å². The lowest BCUT2D eigenvalue weighted by molar-refractivity contribution is -0.277. The summed E-state index contributed by atoms with van der Waals surface area (Å²) in [7, 11) is 0. The second-order valence-corrected chi connectivity index (χ2v) is 6.17. The molecule has 0 unspecified atom stereocenters. The quantitative estimate of drug-likeness (QED) is 0.233. The summed E-state index contributed by atoms with van der Waals surface area (Å²) >= 11 is 0. The van der Waals surface area contributed by atoms with Crippen molar-refractivity contribution in [1.82, 2.24) is 0 Å². The predicted octanol–water partition coefficient (Wildman–Crippen LogP) is -2.87. The van der Waals surface area contributed by atoms with Crippen LogP contribution in [0.4, 0.5) is 0 Å². The van der Waals surface area contributed by atoms with Crippen molar-refractivity contribution in [3.05, 3.63) is 23.8 Å². The molecule has 1 aromatic carbocycles. The van der Waals surface area contributed by atoms with E-state index >= 15 is 0 Å². The van der Waals surface area contributed by atoms with Gasteiger partial charge in [-0.05, 0) is 24.1 Å². The van der Waals surface area contributed by atoms with Gasteiger partial charge in [0.2, 0.25) is 6.29 Å². The molecule has 1 aliphatic heterocycles. The Labute approximate surface area is 155 Å². The van der Waals surface area contributed by atoms with Crippen LogP contribution in [-0.4, -0.2) is 99.0 Å². The Bertz CT molecular complexity index is 577. The molecule has 2 rings (SSSR count). The second-order valence-electron chi connectivity index (χ2n) is 6.17. The lowest BCUT2D eigenvalue weighted by Crippen LogP contribution is -2.60. The lowest BCUT2D eigenvalue weighted by Gasteiger charge is -2.39. The summed E-state index contributed by atoms with van der Waals surface area (Å²) in [4.78, 5) is 0. The maximum Gasteiger partial charge on any atom is 0.229 e. The molecular formula is C17H26O10. The van der Waals surface area contributed by atoms with Crippen molar-refractivity contribution in [1.29, 1.82) is 0 Å². The first kappa shape index (κ1) is 21.8. The fraction of sp³-hybridized carbons (Fsp3) is 0.647. The fourth-order valence-electron chi connectivity index (χ4n) is 2.63. The number of hydrogen-bond donors (Lipinski definition) is 7. The molecule has 1 heterocycles. The number of aliphatic hydroxyl groups is 7. The van der Waals surface area contributed by atoms with Crippen molar-refractivity contribution in [2.24, 2.45) is 0 Å². The van der Waals surface area contributed by atoms with Crippen LogP contribution in [0.1, 0.15) is 5.56 Å². The van der Waals surface area contributed by atoms with Crippen LogP contribution in [0.25, 0.3) is 0 Å². The third-order valence-corrected chi connectivity index (χ3v) is 4.20. The SMILES string of the molecule is OCCc1ccc(OC(CO)CO)c(O[C@@H]2O[C@H](CO)[C@H](O)[C@H](O)[C@H]2O)c1. The van der Waals surface area contributed by atoms with E-state index in [0.29, 0.717) is 12.0 Å². The van der Waals surface area contributed by atoms with Crippen LogP contribution in [0, 0.1) is 0 Å². The minimum absolute atomic E-state index is 0.0668. The summed E-state index contributed by atoms with van der Waals surface area (Å²) in [6, 6.07) is 4.67. The highest BCUT2D eigenvalue weighted by atomic mass is 16.7. The molecule has 0 radical (unpaired) electrons. The van der Waals surface area contributed by atoms with E-state index in [1.807, 2.05) is 0 Å². The summed E-state index contributed by atoms with van der Waals surface area (Å²) < 4.78 is 16.4. The van der Waals surface area contributed by atoms with Crippen LogP contribution in [-0.2, 0) is 11.2 Å². The molecule has 5 atom stereocenters. The first-order valence-electron chi connectivity index (χ1n) is 8.54. The van der Waals surface area contributed by atoms with E-state index in [-0.39, 0.29) is 18.1 Å². The van der Waals surface area contributed by atoms with Crippen molar-refractivity contribution in [3.63, 3.8) is 0 Å². The van der Waals surface area contributed by atoms with Gasteiger partial charge in [-0.2, -0.15) is 0 Å². The van der Waals surface area contributed by atoms with Crippen molar-refractivity contribution in [2.45, 2.75) is 43.2 Å². The molecule has 27 heavy (non-hydrogen) atoms. The minimum atomic E-state index is -1.61. The summed E-state index contributed by atoms with van der Waals surface area (Å²) in [6.07, 6.45) is -7.89. The maximum absolute atomic E-state index is 10.1. The van der Waals surface area contributed by atoms with Gasteiger partial charge >= 0.3 is 0 Å². The van der Waals surface area contributed by atoms with Gasteiger partial charge in [0.05, 0.1) is 19.8 Å². The molecule has 154 valence electrons. The standard InChI is InChI=1S/C17H26O10/c18-4-3-9-1-2-11(25-10(6-19)7-20)12(5-9)26-17-16(24)15(23)14(22)13(8-21)27-17/h1-2,5,10,13-24H,3-4,6-8H2/t13-,14+,15+,16-,17-/m1/s1. The average Bonchev–Trinajstić information content (AvgIpc) is 2.68. The van der Waals surface area contributed by atoms with Crippen LogP contribution in [0.15, 0.2) is 18.2 Å². The molecule has 1 aromatic rings. The first-order valence-corrected chi connectivity index (χ1v) is 8.54. The zero-order valence-electron chi connectivity index (χ0n) is 14.6. The Morgan fingerprint density at radius 1 is 0.926 bits per heavy atom. The summed E-state index contributed by atoms with van der Waals surface area (Å²) in [5.41, 5.74) is 0.675. The van der Waals surface area contributed by atoms with Gasteiger partial charge in [0, 0.05) is 6.61 Å². The van der Waals surface area contributed by atoms with Crippen LogP contribution in [0.2, 0.25) is 0 Å². The molecule has 1 fully saturated rings. The topological polar surface area (TPSA) is 169 Å². The largest absolute Gasteiger partial charge is 0.482 e. The van der Waals surface area contributed by atoms with E-state index in [1.165, 1.54) is 12.1 Å². The Kier molecular flexibility index (Phi) is 8.20. The van der Waals surface area contributed by atoms with E-state index in [1.54, 1.807) is 6.07 Å². The predicted molar refractivity (Wildman–Crippen MR) is 90.2 cm³/mol. The van der Waals surface area contributed by atoms with Gasteiger partial charge in [0.25, 0.3) is 0 Å². The van der Waals surface area contributed by atoms with E-state index in [2.05, 4.69) is 0 Å². The fourth-order valence-corrected chi connectivity index (χ4v) is 2.63. The summed E-state index contributed by atoms with van der Waals surface area (Å²) in [5, 5.41) is 66.6. The Hall–Kier alpha value is -1.50. The van der Waals surface area contributed by atoms with E-state index in [0.717, 1.165) is 0 Å². The van der Waals surface area contributed by atoms with Crippen LogP contribution in [0.3, 0.4) is 0 Å². The van der Waals surface area contributed by atoms with Gasteiger partial charge in [-0.3, -0.25) is 0 Å². The van der Waals surface area contributed by atoms with E-state index in [4.69, 9.17) is 19.3 Å². The third-order valence-electron chi connectivity index (χ3n) is 4.20. The van der Waals surface area contributed by atoms with Gasteiger partial charge in [0.1, 0.15) is 30.5 Å². The highest BCUT2D eigenvalue weighted by molar-refractivity contribution is 5.43. The number of hydrogen-bond acceptors (Lipinski definition) is 10. The molecular weight excluding hydrogens is 364 g/mol. The smallest absolute Gasteiger partial charge is 0.229 e. The van der Waals surface area contributed by atoms with Gasteiger partial charge in [-0.25, -0.2) is 0 Å². The normalized spacial score (nSPS) is 28.4. The Morgan fingerprint density at radius 2 is 1.63 bits per heavy atom. The van der Waals surface area contributed by atoms with Gasteiger partial charge in [-0.1, -0.05) is 6.07 Å². The monoisotopic (exact) mass is 390 g/mol. The van der Waals surface area contributed by atoms with Gasteiger partial charge in [-0.15, -0.1) is 0 Å². The Morgan fingerprint density at radius 3 is 2.22 bits per heavy atom. The molecule has 0 amide bonds. The average molecular weight is 390 g/mol. The maximum atomic E-state index is 10.1. The first-order chi connectivity index (χ1) is 12.9. The molecule has 0 bridgehead atoms. The summed E-state index contributed by atoms with van der Waals surface area (Å²) in [6.45, 7) is -1.62. The second kappa shape index (κ2) is 10.2. The van der Waals surface area contributed by atoms with Crippen LogP contribution in [0.5, 0.6) is 11.5 Å². The van der Waals surface area contributed by atoms with Crippen molar-refractivity contribution >= 4 is 0 Å². The van der Waals surface area contributed by atoms with E-state index < -0.39 is 56.6 Å². The number of ether oxygens (including phenoxy) is 3. The number of aliphatic hydroxyl groups excluding tert-OH is 7. The van der Waals surface area contributed by atoms with Gasteiger partial charge < -0.3 is 50.0 Å². The molecule has 0 spiro atoms. The molecule has 1 saturated heterocycles. The molecule has 10 heteroatoms. The zero-order valence-corrected chi connectivity index (χ0v) is 14.6. The molecule has 0 aromatic heterocycles.